The first-order valence-electron chi connectivity index (χ1n) is 8.87. The third-order valence-corrected chi connectivity index (χ3v) is 5.29. The highest BCUT2D eigenvalue weighted by atomic mass is 16.5. The van der Waals surface area contributed by atoms with Gasteiger partial charge in [-0.05, 0) is 37.3 Å². The van der Waals surface area contributed by atoms with Crippen molar-refractivity contribution in [2.24, 2.45) is 13.0 Å². The van der Waals surface area contributed by atoms with E-state index in [9.17, 15) is 9.59 Å². The molecule has 1 spiro atoms. The van der Waals surface area contributed by atoms with Crippen LogP contribution in [0.3, 0.4) is 0 Å². The standard InChI is InChI=1S/C18H27N3O3/c1-3-5-16(22)21-12-18(13-21)14(8-11-24-18)7-9-19-17(23)15-6-4-10-20(15)2/h4,6,10,14H,3,5,7-9,11-13H2,1-2H3,(H,19,23)/t14-/m1/s1. The lowest BCUT2D eigenvalue weighted by Crippen LogP contribution is -2.66. The Morgan fingerprint density at radius 2 is 2.21 bits per heavy atom. The molecule has 2 aliphatic heterocycles. The van der Waals surface area contributed by atoms with E-state index < -0.39 is 0 Å². The molecule has 0 unspecified atom stereocenters. The molecule has 1 aromatic rings. The zero-order chi connectivity index (χ0) is 17.2. The summed E-state index contributed by atoms with van der Waals surface area (Å²) in [5.74, 6) is 0.607. The van der Waals surface area contributed by atoms with E-state index in [0.29, 0.717) is 37.7 Å². The molecule has 2 saturated heterocycles. The first-order chi connectivity index (χ1) is 11.6. The monoisotopic (exact) mass is 333 g/mol. The average Bonchev–Trinajstić information content (AvgIpc) is 3.12. The van der Waals surface area contributed by atoms with Gasteiger partial charge in [0.25, 0.3) is 5.91 Å². The number of nitrogens with one attached hydrogen (secondary N) is 1. The number of hydrogen-bond acceptors (Lipinski definition) is 3. The summed E-state index contributed by atoms with van der Waals surface area (Å²) in [7, 11) is 1.87. The van der Waals surface area contributed by atoms with Gasteiger partial charge in [0.1, 0.15) is 11.3 Å². The van der Waals surface area contributed by atoms with E-state index in [1.807, 2.05) is 41.8 Å². The molecule has 0 radical (unpaired) electrons. The quantitative estimate of drug-likeness (QED) is 0.859. The van der Waals surface area contributed by atoms with E-state index in [-0.39, 0.29) is 17.4 Å². The van der Waals surface area contributed by atoms with Crippen molar-refractivity contribution in [1.82, 2.24) is 14.8 Å². The summed E-state index contributed by atoms with van der Waals surface area (Å²) >= 11 is 0. The van der Waals surface area contributed by atoms with Crippen molar-refractivity contribution in [3.63, 3.8) is 0 Å². The largest absolute Gasteiger partial charge is 0.371 e. The van der Waals surface area contributed by atoms with Crippen LogP contribution in [-0.4, -0.2) is 53.1 Å². The van der Waals surface area contributed by atoms with Crippen LogP contribution < -0.4 is 5.32 Å². The summed E-state index contributed by atoms with van der Waals surface area (Å²) in [6.45, 7) is 4.84. The highest BCUT2D eigenvalue weighted by Gasteiger charge is 2.53. The Morgan fingerprint density at radius 3 is 2.88 bits per heavy atom. The van der Waals surface area contributed by atoms with Crippen LogP contribution in [0.2, 0.25) is 0 Å². The minimum absolute atomic E-state index is 0.0381. The fraction of sp³-hybridized carbons (Fsp3) is 0.667. The van der Waals surface area contributed by atoms with Crippen molar-refractivity contribution in [3.8, 4) is 0 Å². The number of aromatic nitrogens is 1. The molecule has 132 valence electrons. The number of nitrogens with zero attached hydrogens (tertiary/aromatic N) is 2. The lowest BCUT2D eigenvalue weighted by atomic mass is 9.78. The van der Waals surface area contributed by atoms with Crippen molar-refractivity contribution in [3.05, 3.63) is 24.0 Å². The maximum Gasteiger partial charge on any atom is 0.267 e. The van der Waals surface area contributed by atoms with Crippen molar-refractivity contribution in [1.29, 1.82) is 0 Å². The van der Waals surface area contributed by atoms with Gasteiger partial charge >= 0.3 is 0 Å². The van der Waals surface area contributed by atoms with E-state index in [2.05, 4.69) is 5.32 Å². The second kappa shape index (κ2) is 6.97. The fourth-order valence-electron chi connectivity index (χ4n) is 3.84. The number of hydrogen-bond donors (Lipinski definition) is 1. The third-order valence-electron chi connectivity index (χ3n) is 5.29. The molecule has 1 aromatic heterocycles. The van der Waals surface area contributed by atoms with Crippen LogP contribution in [0.5, 0.6) is 0 Å². The van der Waals surface area contributed by atoms with Crippen LogP contribution in [-0.2, 0) is 16.6 Å². The molecule has 0 saturated carbocycles. The Balaban J connectivity index is 1.47. The topological polar surface area (TPSA) is 63.6 Å². The Kier molecular flexibility index (Phi) is 4.94. The summed E-state index contributed by atoms with van der Waals surface area (Å²) in [4.78, 5) is 26.0. The van der Waals surface area contributed by atoms with Gasteiger partial charge in [0.15, 0.2) is 0 Å². The molecule has 0 aliphatic carbocycles. The molecule has 24 heavy (non-hydrogen) atoms. The van der Waals surface area contributed by atoms with Crippen molar-refractivity contribution >= 4 is 11.8 Å². The SMILES string of the molecule is CCCC(=O)N1CC2(C1)OCC[C@H]2CCNC(=O)c1cccn1C. The predicted molar refractivity (Wildman–Crippen MR) is 90.6 cm³/mol. The molecule has 1 N–H and O–H groups in total. The number of amides is 2. The van der Waals surface area contributed by atoms with Gasteiger partial charge in [0.2, 0.25) is 5.91 Å². The molecule has 1 atom stereocenters. The maximum atomic E-state index is 12.1. The number of ether oxygens (including phenoxy) is 1. The average molecular weight is 333 g/mol. The zero-order valence-electron chi connectivity index (χ0n) is 14.6. The molecule has 6 nitrogen and oxygen atoms in total. The Hall–Kier alpha value is -1.82. The first-order valence-corrected chi connectivity index (χ1v) is 8.87. The van der Waals surface area contributed by atoms with Gasteiger partial charge in [-0.1, -0.05) is 6.92 Å². The molecular formula is C18H27N3O3. The highest BCUT2D eigenvalue weighted by molar-refractivity contribution is 5.92. The molecule has 2 aliphatic rings. The van der Waals surface area contributed by atoms with Crippen molar-refractivity contribution < 1.29 is 14.3 Å². The smallest absolute Gasteiger partial charge is 0.267 e. The lowest BCUT2D eigenvalue weighted by molar-refractivity contribution is -0.165. The van der Waals surface area contributed by atoms with Gasteiger partial charge in [0, 0.05) is 32.8 Å². The molecule has 0 bridgehead atoms. The molecular weight excluding hydrogens is 306 g/mol. The normalized spacial score (nSPS) is 21.8. The van der Waals surface area contributed by atoms with E-state index >= 15 is 0 Å². The predicted octanol–water partition coefficient (Wildman–Crippen LogP) is 1.56. The summed E-state index contributed by atoms with van der Waals surface area (Å²) in [5.41, 5.74) is 0.506. The zero-order valence-corrected chi connectivity index (χ0v) is 14.6. The minimum Gasteiger partial charge on any atom is -0.371 e. The molecule has 0 aromatic carbocycles. The van der Waals surface area contributed by atoms with Gasteiger partial charge in [-0.15, -0.1) is 0 Å². The molecule has 3 rings (SSSR count). The van der Waals surface area contributed by atoms with Crippen LogP contribution in [0, 0.1) is 5.92 Å². The summed E-state index contributed by atoms with van der Waals surface area (Å²) in [6, 6.07) is 3.68. The van der Waals surface area contributed by atoms with Gasteiger partial charge in [-0.3, -0.25) is 9.59 Å². The third kappa shape index (κ3) is 3.20. The number of carbonyl (C=O) groups is 2. The van der Waals surface area contributed by atoms with Crippen LogP contribution in [0.15, 0.2) is 18.3 Å². The Labute approximate surface area is 143 Å². The number of rotatable bonds is 6. The molecule has 2 amide bonds. The number of carbonyl (C=O) groups excluding carboxylic acids is 2. The number of likely N-dealkylation sites (tertiary alicyclic amines) is 1. The highest BCUT2D eigenvalue weighted by Crippen LogP contribution is 2.41. The van der Waals surface area contributed by atoms with Crippen LogP contribution in [0.1, 0.15) is 43.1 Å². The lowest BCUT2D eigenvalue weighted by Gasteiger charge is -2.50. The Morgan fingerprint density at radius 1 is 1.42 bits per heavy atom. The van der Waals surface area contributed by atoms with Crippen molar-refractivity contribution in [2.75, 3.05) is 26.2 Å². The number of aryl methyl sites for hydroxylation is 1. The van der Waals surface area contributed by atoms with E-state index in [1.165, 1.54) is 0 Å². The van der Waals surface area contributed by atoms with E-state index in [0.717, 1.165) is 25.9 Å². The summed E-state index contributed by atoms with van der Waals surface area (Å²) in [6.07, 6.45) is 5.28. The van der Waals surface area contributed by atoms with Crippen LogP contribution >= 0.6 is 0 Å². The van der Waals surface area contributed by atoms with Gasteiger partial charge in [-0.25, -0.2) is 0 Å². The summed E-state index contributed by atoms with van der Waals surface area (Å²) < 4.78 is 7.80. The van der Waals surface area contributed by atoms with Gasteiger partial charge < -0.3 is 19.5 Å². The maximum absolute atomic E-state index is 12.1. The van der Waals surface area contributed by atoms with E-state index in [1.54, 1.807) is 0 Å². The molecule has 6 heteroatoms. The molecule has 3 heterocycles. The second-order valence-corrected chi connectivity index (χ2v) is 6.95. The van der Waals surface area contributed by atoms with Crippen LogP contribution in [0.4, 0.5) is 0 Å². The van der Waals surface area contributed by atoms with Crippen LogP contribution in [0.25, 0.3) is 0 Å². The van der Waals surface area contributed by atoms with E-state index in [4.69, 9.17) is 4.74 Å². The van der Waals surface area contributed by atoms with Gasteiger partial charge in [-0.2, -0.15) is 0 Å². The van der Waals surface area contributed by atoms with Gasteiger partial charge in [0.05, 0.1) is 13.1 Å². The minimum atomic E-state index is -0.168. The first kappa shape index (κ1) is 17.0. The fourth-order valence-corrected chi connectivity index (χ4v) is 3.84. The second-order valence-electron chi connectivity index (χ2n) is 6.95. The van der Waals surface area contributed by atoms with Crippen molar-refractivity contribution in [2.45, 2.75) is 38.2 Å². The molecule has 2 fully saturated rings. The Bertz CT molecular complexity index is 604. The summed E-state index contributed by atoms with van der Waals surface area (Å²) in [5, 5.41) is 3.00.